The molecule has 0 spiro atoms. The number of rotatable bonds is 2. The Kier molecular flexibility index (Phi) is 2.84. The minimum atomic E-state index is 0.427. The molecule has 1 atom stereocenters. The third-order valence-corrected chi connectivity index (χ3v) is 3.38. The monoisotopic (exact) mass is 219 g/mol. The number of hydrogen-bond donors (Lipinski definition) is 0. The lowest BCUT2D eigenvalue weighted by Crippen LogP contribution is -2.32. The standard InChI is InChI=1S/C12H17N3O/c1-2-4-16-11(3-1)7-15-6-10-5-13-9-14-12(10)8-15/h5,9,11H,1-4,6-8H2. The van der Waals surface area contributed by atoms with Gasteiger partial charge < -0.3 is 4.74 Å². The first-order valence-electron chi connectivity index (χ1n) is 6.03. The van der Waals surface area contributed by atoms with Gasteiger partial charge in [-0.1, -0.05) is 0 Å². The first kappa shape index (κ1) is 10.2. The zero-order valence-electron chi connectivity index (χ0n) is 9.43. The van der Waals surface area contributed by atoms with E-state index in [4.69, 9.17) is 4.74 Å². The lowest BCUT2D eigenvalue weighted by Gasteiger charge is -2.26. The van der Waals surface area contributed by atoms with E-state index < -0.39 is 0 Å². The highest BCUT2D eigenvalue weighted by molar-refractivity contribution is 5.20. The highest BCUT2D eigenvalue weighted by Crippen LogP contribution is 2.22. The van der Waals surface area contributed by atoms with Gasteiger partial charge in [0.2, 0.25) is 0 Å². The molecule has 0 radical (unpaired) electrons. The van der Waals surface area contributed by atoms with Crippen molar-refractivity contribution in [2.45, 2.75) is 38.5 Å². The van der Waals surface area contributed by atoms with E-state index in [1.54, 1.807) is 6.33 Å². The Labute approximate surface area is 95.7 Å². The topological polar surface area (TPSA) is 38.2 Å². The van der Waals surface area contributed by atoms with Crippen LogP contribution in [0.1, 0.15) is 30.5 Å². The van der Waals surface area contributed by atoms with Crippen LogP contribution in [0.5, 0.6) is 0 Å². The van der Waals surface area contributed by atoms with Crippen molar-refractivity contribution < 1.29 is 4.74 Å². The second-order valence-corrected chi connectivity index (χ2v) is 4.65. The molecule has 1 aromatic heterocycles. The zero-order chi connectivity index (χ0) is 10.8. The van der Waals surface area contributed by atoms with Gasteiger partial charge in [-0.25, -0.2) is 9.97 Å². The molecular formula is C12H17N3O. The van der Waals surface area contributed by atoms with Gasteiger partial charge in [-0.2, -0.15) is 0 Å². The third kappa shape index (κ3) is 2.08. The van der Waals surface area contributed by atoms with Gasteiger partial charge in [0.05, 0.1) is 11.8 Å². The largest absolute Gasteiger partial charge is 0.377 e. The number of hydrogen-bond acceptors (Lipinski definition) is 4. The molecule has 1 unspecified atom stereocenters. The molecule has 1 fully saturated rings. The van der Waals surface area contributed by atoms with Crippen molar-refractivity contribution in [3.63, 3.8) is 0 Å². The number of nitrogens with zero attached hydrogens (tertiary/aromatic N) is 3. The lowest BCUT2D eigenvalue weighted by molar-refractivity contribution is -0.00657. The fourth-order valence-electron chi connectivity index (χ4n) is 2.54. The molecule has 0 bridgehead atoms. The Bertz CT molecular complexity index is 338. The third-order valence-electron chi connectivity index (χ3n) is 3.38. The predicted octanol–water partition coefficient (Wildman–Crippen LogP) is 1.36. The molecule has 0 amide bonds. The molecule has 4 nitrogen and oxygen atoms in total. The van der Waals surface area contributed by atoms with Crippen molar-refractivity contribution in [2.24, 2.45) is 0 Å². The number of ether oxygens (including phenoxy) is 1. The first-order chi connectivity index (χ1) is 7.92. The van der Waals surface area contributed by atoms with Crippen molar-refractivity contribution in [1.82, 2.24) is 14.9 Å². The van der Waals surface area contributed by atoms with Gasteiger partial charge in [-0.3, -0.25) is 4.90 Å². The first-order valence-corrected chi connectivity index (χ1v) is 6.03. The molecule has 0 aromatic carbocycles. The average Bonchev–Trinajstić information content (AvgIpc) is 2.72. The van der Waals surface area contributed by atoms with Gasteiger partial charge in [0.15, 0.2) is 0 Å². The molecule has 0 saturated carbocycles. The Hall–Kier alpha value is -1.00. The van der Waals surface area contributed by atoms with E-state index in [9.17, 15) is 0 Å². The molecule has 2 aliphatic heterocycles. The predicted molar refractivity (Wildman–Crippen MR) is 59.7 cm³/mol. The van der Waals surface area contributed by atoms with Crippen LogP contribution in [0.4, 0.5) is 0 Å². The maximum atomic E-state index is 5.76. The molecule has 4 heteroatoms. The van der Waals surface area contributed by atoms with Gasteiger partial charge in [-0.15, -0.1) is 0 Å². The maximum absolute atomic E-state index is 5.76. The van der Waals surface area contributed by atoms with E-state index in [1.807, 2.05) is 6.20 Å². The van der Waals surface area contributed by atoms with Crippen LogP contribution in [-0.4, -0.2) is 34.1 Å². The van der Waals surface area contributed by atoms with Crippen LogP contribution in [0, 0.1) is 0 Å². The fourth-order valence-corrected chi connectivity index (χ4v) is 2.54. The van der Waals surface area contributed by atoms with Crippen molar-refractivity contribution in [3.05, 3.63) is 23.8 Å². The summed E-state index contributed by atoms with van der Waals surface area (Å²) in [5.41, 5.74) is 2.46. The Morgan fingerprint density at radius 1 is 1.38 bits per heavy atom. The van der Waals surface area contributed by atoms with Crippen LogP contribution in [0.2, 0.25) is 0 Å². The molecule has 2 aliphatic rings. The summed E-state index contributed by atoms with van der Waals surface area (Å²) < 4.78 is 5.76. The summed E-state index contributed by atoms with van der Waals surface area (Å²) in [6, 6.07) is 0. The summed E-state index contributed by atoms with van der Waals surface area (Å²) in [7, 11) is 0. The smallest absolute Gasteiger partial charge is 0.115 e. The van der Waals surface area contributed by atoms with Crippen molar-refractivity contribution in [3.8, 4) is 0 Å². The van der Waals surface area contributed by atoms with Crippen LogP contribution in [0.3, 0.4) is 0 Å². The molecule has 1 aromatic rings. The van der Waals surface area contributed by atoms with E-state index in [1.165, 1.54) is 30.5 Å². The summed E-state index contributed by atoms with van der Waals surface area (Å²) in [4.78, 5) is 10.8. The van der Waals surface area contributed by atoms with E-state index in [2.05, 4.69) is 14.9 Å². The van der Waals surface area contributed by atoms with E-state index in [0.717, 1.165) is 26.2 Å². The van der Waals surface area contributed by atoms with Crippen LogP contribution in [0.15, 0.2) is 12.5 Å². The highest BCUT2D eigenvalue weighted by Gasteiger charge is 2.24. The summed E-state index contributed by atoms with van der Waals surface area (Å²) in [5, 5.41) is 0. The Balaban J connectivity index is 1.59. The van der Waals surface area contributed by atoms with E-state index in [-0.39, 0.29) is 0 Å². The molecule has 1 saturated heterocycles. The van der Waals surface area contributed by atoms with Crippen LogP contribution in [-0.2, 0) is 17.8 Å². The maximum Gasteiger partial charge on any atom is 0.115 e. The van der Waals surface area contributed by atoms with Crippen molar-refractivity contribution in [2.75, 3.05) is 13.2 Å². The van der Waals surface area contributed by atoms with E-state index >= 15 is 0 Å². The Morgan fingerprint density at radius 2 is 2.38 bits per heavy atom. The van der Waals surface area contributed by atoms with Crippen LogP contribution in [0.25, 0.3) is 0 Å². The molecule has 3 heterocycles. The van der Waals surface area contributed by atoms with Gasteiger partial charge in [0.25, 0.3) is 0 Å². The molecule has 0 N–H and O–H groups in total. The fraction of sp³-hybridized carbons (Fsp3) is 0.667. The van der Waals surface area contributed by atoms with Crippen LogP contribution < -0.4 is 0 Å². The summed E-state index contributed by atoms with van der Waals surface area (Å²) in [6.45, 7) is 3.91. The second kappa shape index (κ2) is 4.47. The summed E-state index contributed by atoms with van der Waals surface area (Å²) in [6.07, 6.45) is 7.74. The van der Waals surface area contributed by atoms with Crippen molar-refractivity contribution >= 4 is 0 Å². The minimum absolute atomic E-state index is 0.427. The molecule has 0 aliphatic carbocycles. The van der Waals surface area contributed by atoms with E-state index in [0.29, 0.717) is 6.10 Å². The minimum Gasteiger partial charge on any atom is -0.377 e. The number of fused-ring (bicyclic) bond motifs is 1. The van der Waals surface area contributed by atoms with Gasteiger partial charge in [0.1, 0.15) is 6.33 Å². The average molecular weight is 219 g/mol. The van der Waals surface area contributed by atoms with Crippen LogP contribution >= 0.6 is 0 Å². The normalized spacial score (nSPS) is 25.6. The second-order valence-electron chi connectivity index (χ2n) is 4.65. The molecule has 86 valence electrons. The zero-order valence-corrected chi connectivity index (χ0v) is 9.43. The van der Waals surface area contributed by atoms with Gasteiger partial charge in [-0.05, 0) is 19.3 Å². The van der Waals surface area contributed by atoms with Crippen molar-refractivity contribution in [1.29, 1.82) is 0 Å². The lowest BCUT2D eigenvalue weighted by atomic mass is 10.1. The summed E-state index contributed by atoms with van der Waals surface area (Å²) >= 11 is 0. The van der Waals surface area contributed by atoms with Gasteiger partial charge >= 0.3 is 0 Å². The number of aromatic nitrogens is 2. The molecular weight excluding hydrogens is 202 g/mol. The molecule has 3 rings (SSSR count). The Morgan fingerprint density at radius 3 is 3.19 bits per heavy atom. The molecule has 16 heavy (non-hydrogen) atoms. The quantitative estimate of drug-likeness (QED) is 0.753. The van der Waals surface area contributed by atoms with Gasteiger partial charge in [0, 0.05) is 38.0 Å². The summed E-state index contributed by atoms with van der Waals surface area (Å²) in [5.74, 6) is 0. The SMILES string of the molecule is c1ncc2c(n1)CN(CC1CCCCO1)C2. The highest BCUT2D eigenvalue weighted by atomic mass is 16.5.